The van der Waals surface area contributed by atoms with Crippen molar-refractivity contribution in [2.45, 2.75) is 26.0 Å². The zero-order chi connectivity index (χ0) is 17.6. The van der Waals surface area contributed by atoms with Crippen LogP contribution in [0.25, 0.3) is 11.1 Å². The van der Waals surface area contributed by atoms with Gasteiger partial charge in [0.25, 0.3) is 11.6 Å². The molecule has 0 radical (unpaired) electrons. The van der Waals surface area contributed by atoms with E-state index in [-0.39, 0.29) is 35.1 Å². The van der Waals surface area contributed by atoms with Gasteiger partial charge in [-0.25, -0.2) is 14.2 Å². The maximum atomic E-state index is 14.7. The highest BCUT2D eigenvalue weighted by molar-refractivity contribution is 5.96. The molecule has 0 spiro atoms. The third kappa shape index (κ3) is 2.41. The van der Waals surface area contributed by atoms with E-state index >= 15 is 0 Å². The lowest BCUT2D eigenvalue weighted by Gasteiger charge is -2.13. The van der Waals surface area contributed by atoms with Crippen LogP contribution in [0.4, 0.5) is 14.9 Å². The number of amides is 2. The third-order valence-corrected chi connectivity index (χ3v) is 3.81. The Kier molecular flexibility index (Phi) is 3.78. The van der Waals surface area contributed by atoms with E-state index < -0.39 is 23.9 Å². The van der Waals surface area contributed by atoms with Gasteiger partial charge in [-0.2, -0.15) is 0 Å². The first-order valence-corrected chi connectivity index (χ1v) is 7.38. The van der Waals surface area contributed by atoms with Crippen molar-refractivity contribution in [1.29, 1.82) is 0 Å². The molecule has 0 aliphatic carbocycles. The molecule has 2 aromatic rings. The van der Waals surface area contributed by atoms with E-state index in [0.29, 0.717) is 0 Å². The number of hydrogen-bond donors (Lipinski definition) is 1. The first-order chi connectivity index (χ1) is 11.3. The van der Waals surface area contributed by atoms with Crippen molar-refractivity contribution in [3.05, 3.63) is 23.6 Å². The van der Waals surface area contributed by atoms with Crippen LogP contribution in [-0.2, 0) is 9.53 Å². The zero-order valence-corrected chi connectivity index (χ0v) is 13.4. The lowest BCUT2D eigenvalue weighted by Crippen LogP contribution is -2.32. The van der Waals surface area contributed by atoms with Gasteiger partial charge in [0.15, 0.2) is 17.5 Å². The highest BCUT2D eigenvalue weighted by atomic mass is 19.1. The number of benzene rings is 1. The summed E-state index contributed by atoms with van der Waals surface area (Å²) in [6.45, 7) is 3.69. The van der Waals surface area contributed by atoms with Gasteiger partial charge in [0.05, 0.1) is 12.2 Å². The van der Waals surface area contributed by atoms with Crippen molar-refractivity contribution < 1.29 is 23.1 Å². The summed E-state index contributed by atoms with van der Waals surface area (Å²) in [6.07, 6.45) is -1.82. The second-order valence-electron chi connectivity index (χ2n) is 5.73. The molecule has 2 N–H and O–H groups in total. The normalized spacial score (nSPS) is 18.7. The number of ether oxygens (including phenoxy) is 1. The Labute approximate surface area is 136 Å². The summed E-state index contributed by atoms with van der Waals surface area (Å²) in [7, 11) is 1.55. The molecule has 1 aliphatic heterocycles. The molecule has 1 aromatic carbocycles. The fourth-order valence-corrected chi connectivity index (χ4v) is 2.73. The number of nitrogens with zero attached hydrogens (tertiary/aromatic N) is 3. The SMILES string of the molecule is CN=c1oc2cc(N3C[C@H](C(N)=O)OC3=O)cc(F)c2n1C(C)C. The maximum Gasteiger partial charge on any atom is 0.415 e. The van der Waals surface area contributed by atoms with E-state index in [0.717, 1.165) is 4.90 Å². The molecule has 24 heavy (non-hydrogen) atoms. The minimum absolute atomic E-state index is 0.0682. The van der Waals surface area contributed by atoms with Gasteiger partial charge in [-0.1, -0.05) is 0 Å². The van der Waals surface area contributed by atoms with E-state index in [9.17, 15) is 14.0 Å². The van der Waals surface area contributed by atoms with Crippen molar-refractivity contribution in [2.24, 2.45) is 10.7 Å². The molecule has 2 amide bonds. The molecular formula is C15H17FN4O4. The summed E-state index contributed by atoms with van der Waals surface area (Å²) in [4.78, 5) is 28.2. The second kappa shape index (κ2) is 5.66. The van der Waals surface area contributed by atoms with Crippen LogP contribution < -0.4 is 16.3 Å². The van der Waals surface area contributed by atoms with Crippen LogP contribution in [0.5, 0.6) is 0 Å². The summed E-state index contributed by atoms with van der Waals surface area (Å²) in [6, 6.07) is 2.64. The molecular weight excluding hydrogens is 319 g/mol. The summed E-state index contributed by atoms with van der Waals surface area (Å²) >= 11 is 0. The van der Waals surface area contributed by atoms with Crippen molar-refractivity contribution in [3.63, 3.8) is 0 Å². The fraction of sp³-hybridized carbons (Fsp3) is 0.400. The van der Waals surface area contributed by atoms with E-state index in [1.165, 1.54) is 12.1 Å². The number of primary amides is 1. The van der Waals surface area contributed by atoms with Crippen LogP contribution in [0.15, 0.2) is 21.5 Å². The van der Waals surface area contributed by atoms with Crippen LogP contribution >= 0.6 is 0 Å². The predicted molar refractivity (Wildman–Crippen MR) is 82.8 cm³/mol. The van der Waals surface area contributed by atoms with Gasteiger partial charge >= 0.3 is 6.09 Å². The molecule has 128 valence electrons. The first-order valence-electron chi connectivity index (χ1n) is 7.38. The highest BCUT2D eigenvalue weighted by Crippen LogP contribution is 2.29. The number of anilines is 1. The number of aromatic nitrogens is 1. The number of halogens is 1. The van der Waals surface area contributed by atoms with Gasteiger partial charge < -0.3 is 14.9 Å². The molecule has 8 nitrogen and oxygen atoms in total. The van der Waals surface area contributed by atoms with Crippen LogP contribution in [0.1, 0.15) is 19.9 Å². The van der Waals surface area contributed by atoms with Crippen molar-refractivity contribution in [3.8, 4) is 0 Å². The van der Waals surface area contributed by atoms with Gasteiger partial charge in [0.2, 0.25) is 0 Å². The monoisotopic (exact) mass is 336 g/mol. The Bertz CT molecular complexity index is 899. The van der Waals surface area contributed by atoms with Gasteiger partial charge in [0.1, 0.15) is 5.52 Å². The molecule has 1 saturated heterocycles. The molecule has 0 unspecified atom stereocenters. The minimum Gasteiger partial charge on any atom is -0.434 e. The molecule has 0 bridgehead atoms. The zero-order valence-electron chi connectivity index (χ0n) is 13.4. The van der Waals surface area contributed by atoms with Gasteiger partial charge in [-0.3, -0.25) is 14.3 Å². The molecule has 2 heterocycles. The number of hydrogen-bond acceptors (Lipinski definition) is 5. The van der Waals surface area contributed by atoms with Crippen LogP contribution in [0.2, 0.25) is 0 Å². The van der Waals surface area contributed by atoms with Gasteiger partial charge in [-0.15, -0.1) is 0 Å². The molecule has 3 rings (SSSR count). The summed E-state index contributed by atoms with van der Waals surface area (Å²) < 4.78 is 26.7. The highest BCUT2D eigenvalue weighted by Gasteiger charge is 2.36. The molecule has 1 aromatic heterocycles. The molecule has 0 saturated carbocycles. The van der Waals surface area contributed by atoms with Crippen molar-refractivity contribution in [2.75, 3.05) is 18.5 Å². The third-order valence-electron chi connectivity index (χ3n) is 3.81. The van der Waals surface area contributed by atoms with Crippen molar-refractivity contribution in [1.82, 2.24) is 4.57 Å². The summed E-state index contributed by atoms with van der Waals surface area (Å²) in [5.74, 6) is -1.32. The average Bonchev–Trinajstić information content (AvgIpc) is 3.07. The van der Waals surface area contributed by atoms with E-state index in [1.807, 2.05) is 13.8 Å². The largest absolute Gasteiger partial charge is 0.434 e. The number of cyclic esters (lactones) is 1. The Morgan fingerprint density at radius 3 is 2.71 bits per heavy atom. The van der Waals surface area contributed by atoms with E-state index in [2.05, 4.69) is 4.99 Å². The second-order valence-corrected chi connectivity index (χ2v) is 5.73. The maximum absolute atomic E-state index is 14.7. The topological polar surface area (TPSA) is 103 Å². The quantitative estimate of drug-likeness (QED) is 0.912. The Morgan fingerprint density at radius 1 is 1.46 bits per heavy atom. The lowest BCUT2D eigenvalue weighted by molar-refractivity contribution is -0.124. The molecule has 9 heteroatoms. The van der Waals surface area contributed by atoms with Crippen molar-refractivity contribution >= 4 is 28.8 Å². The van der Waals surface area contributed by atoms with Gasteiger partial charge in [0, 0.05) is 25.2 Å². The minimum atomic E-state index is -1.06. The summed E-state index contributed by atoms with van der Waals surface area (Å²) in [5, 5.41) is 0. The van der Waals surface area contributed by atoms with E-state index in [4.69, 9.17) is 14.9 Å². The molecule has 1 fully saturated rings. The first kappa shape index (κ1) is 16.0. The number of fused-ring (bicyclic) bond motifs is 1. The summed E-state index contributed by atoms with van der Waals surface area (Å²) in [5.41, 5.74) is 6.14. The smallest absolute Gasteiger partial charge is 0.415 e. The number of carbonyl (C=O) groups excluding carboxylic acids is 2. The van der Waals surface area contributed by atoms with Crippen LogP contribution in [0.3, 0.4) is 0 Å². The fourth-order valence-electron chi connectivity index (χ4n) is 2.73. The Balaban J connectivity index is 2.13. The molecule has 1 aliphatic rings. The predicted octanol–water partition coefficient (Wildman–Crippen LogP) is 1.30. The number of carbonyl (C=O) groups is 2. The van der Waals surface area contributed by atoms with Gasteiger partial charge in [-0.05, 0) is 13.8 Å². The van der Waals surface area contributed by atoms with Crippen LogP contribution in [-0.4, -0.2) is 36.3 Å². The Morgan fingerprint density at radius 2 is 2.17 bits per heavy atom. The average molecular weight is 336 g/mol. The number of nitrogens with two attached hydrogens (primary N) is 1. The lowest BCUT2D eigenvalue weighted by atomic mass is 10.2. The standard InChI is InChI=1S/C15H17FN4O4/c1-7(2)20-12-9(16)4-8(5-10(12)23-14(20)18-3)19-6-11(13(17)21)24-15(19)22/h4-5,7,11H,6H2,1-3H3,(H2,17,21)/t11-/m1/s1. The Hall–Kier alpha value is -2.84. The molecule has 1 atom stereocenters. The number of rotatable bonds is 3. The van der Waals surface area contributed by atoms with Crippen LogP contribution in [0, 0.1) is 5.82 Å². The van der Waals surface area contributed by atoms with E-state index in [1.54, 1.807) is 11.6 Å². The number of oxazole rings is 1.